The molecular weight excluding hydrogens is 664 g/mol. The number of carbonyl (C=O) groups is 7. The third-order valence-corrected chi connectivity index (χ3v) is 8.61. The summed E-state index contributed by atoms with van der Waals surface area (Å²) in [6.07, 6.45) is -6.91. The number of carbonyl (C=O) groups excluding carboxylic acids is 7. The molecule has 2 aromatic rings. The SMILES string of the molecule is CC(=O)OC[C@H]1O[C@@H](/N=C2\N[C@H](Cc3cccs3)CC(=O)N2CN2C(=O)c3ccccc3C2=O)[C@H](OC(C)=O)[C@@H](OC(C)=O)[C@@H]1OC(C)=O. The van der Waals surface area contributed by atoms with Gasteiger partial charge in [0.2, 0.25) is 11.9 Å². The van der Waals surface area contributed by atoms with Crippen LogP contribution >= 0.6 is 11.3 Å². The minimum absolute atomic E-state index is 0.0291. The number of aliphatic imine (C=N–C) groups is 1. The Bertz CT molecular complexity index is 1640. The van der Waals surface area contributed by atoms with E-state index in [-0.39, 0.29) is 23.5 Å². The van der Waals surface area contributed by atoms with Gasteiger partial charge < -0.3 is 29.0 Å². The Morgan fingerprint density at radius 3 is 2.02 bits per heavy atom. The molecule has 4 heterocycles. The lowest BCUT2D eigenvalue weighted by Gasteiger charge is -2.44. The van der Waals surface area contributed by atoms with Crippen LogP contribution in [0.4, 0.5) is 0 Å². The molecular formula is C32H34N4O12S. The fourth-order valence-electron chi connectivity index (χ4n) is 5.74. The van der Waals surface area contributed by atoms with Crippen molar-refractivity contribution in [2.45, 2.75) is 77.2 Å². The first-order valence-electron chi connectivity index (χ1n) is 15.2. The molecule has 6 atom stereocenters. The molecule has 17 heteroatoms. The van der Waals surface area contributed by atoms with E-state index >= 15 is 0 Å². The molecule has 1 N–H and O–H groups in total. The van der Waals surface area contributed by atoms with Crippen LogP contribution in [-0.2, 0) is 54.1 Å². The van der Waals surface area contributed by atoms with Crippen molar-refractivity contribution in [1.82, 2.24) is 15.1 Å². The van der Waals surface area contributed by atoms with Gasteiger partial charge in [-0.05, 0) is 23.6 Å². The molecule has 3 aliphatic heterocycles. The molecule has 0 bridgehead atoms. The van der Waals surface area contributed by atoms with Crippen molar-refractivity contribution < 1.29 is 57.2 Å². The molecule has 0 unspecified atom stereocenters. The van der Waals surface area contributed by atoms with Crippen molar-refractivity contribution in [3.63, 3.8) is 0 Å². The molecule has 3 amide bonds. The summed E-state index contributed by atoms with van der Waals surface area (Å²) in [5.74, 6) is -5.00. The molecule has 16 nitrogen and oxygen atoms in total. The van der Waals surface area contributed by atoms with E-state index in [1.807, 2.05) is 17.5 Å². The van der Waals surface area contributed by atoms with Crippen molar-refractivity contribution in [1.29, 1.82) is 0 Å². The highest BCUT2D eigenvalue weighted by molar-refractivity contribution is 7.09. The predicted octanol–water partition coefficient (Wildman–Crippen LogP) is 1.17. The summed E-state index contributed by atoms with van der Waals surface area (Å²) in [5, 5.41) is 5.09. The lowest BCUT2D eigenvalue weighted by Crippen LogP contribution is -2.63. The lowest BCUT2D eigenvalue weighted by atomic mass is 9.97. The number of amides is 3. The van der Waals surface area contributed by atoms with Crippen LogP contribution in [0.5, 0.6) is 0 Å². The topological polar surface area (TPSA) is 197 Å². The Morgan fingerprint density at radius 2 is 1.45 bits per heavy atom. The number of thiophene rings is 1. The number of esters is 4. The highest BCUT2D eigenvalue weighted by atomic mass is 32.1. The Balaban J connectivity index is 1.56. The summed E-state index contributed by atoms with van der Waals surface area (Å²) < 4.78 is 27.7. The Kier molecular flexibility index (Phi) is 10.7. The minimum Gasteiger partial charge on any atom is -0.463 e. The van der Waals surface area contributed by atoms with E-state index in [9.17, 15) is 33.6 Å². The Labute approximate surface area is 284 Å². The van der Waals surface area contributed by atoms with Gasteiger partial charge in [-0.3, -0.25) is 43.4 Å². The number of fused-ring (bicyclic) bond motifs is 1. The lowest BCUT2D eigenvalue weighted by molar-refractivity contribution is -0.251. The minimum atomic E-state index is -1.55. The smallest absolute Gasteiger partial charge is 0.303 e. The number of benzene rings is 1. The third-order valence-electron chi connectivity index (χ3n) is 7.72. The number of ether oxygens (including phenoxy) is 5. The molecule has 0 spiro atoms. The number of imide groups is 1. The molecule has 3 aliphatic rings. The molecule has 1 aromatic carbocycles. The van der Waals surface area contributed by atoms with Crippen molar-refractivity contribution in [3.05, 3.63) is 57.8 Å². The normalized spacial score (nSPS) is 25.8. The molecule has 0 saturated carbocycles. The number of nitrogens with one attached hydrogen (secondary N) is 1. The average Bonchev–Trinajstić information content (AvgIpc) is 3.62. The molecule has 1 aromatic heterocycles. The maximum absolute atomic E-state index is 13.8. The maximum Gasteiger partial charge on any atom is 0.303 e. The summed E-state index contributed by atoms with van der Waals surface area (Å²) in [6, 6.07) is 9.53. The molecule has 0 radical (unpaired) electrons. The van der Waals surface area contributed by atoms with E-state index in [0.717, 1.165) is 42.4 Å². The number of guanidine groups is 1. The zero-order valence-corrected chi connectivity index (χ0v) is 27.8. The van der Waals surface area contributed by atoms with Gasteiger partial charge in [-0.1, -0.05) is 18.2 Å². The summed E-state index contributed by atoms with van der Waals surface area (Å²) in [5.41, 5.74) is 0.358. The summed E-state index contributed by atoms with van der Waals surface area (Å²) >= 11 is 1.49. The first-order chi connectivity index (χ1) is 23.3. The van der Waals surface area contributed by atoms with Crippen LogP contribution < -0.4 is 5.32 Å². The highest BCUT2D eigenvalue weighted by Gasteiger charge is 2.53. The van der Waals surface area contributed by atoms with Gasteiger partial charge in [0.1, 0.15) is 19.4 Å². The molecule has 5 rings (SSSR count). The first-order valence-corrected chi connectivity index (χ1v) is 16.1. The van der Waals surface area contributed by atoms with E-state index in [2.05, 4.69) is 10.3 Å². The molecule has 0 aliphatic carbocycles. The van der Waals surface area contributed by atoms with Crippen LogP contribution in [0, 0.1) is 0 Å². The fourth-order valence-corrected chi connectivity index (χ4v) is 6.52. The molecule has 260 valence electrons. The van der Waals surface area contributed by atoms with Gasteiger partial charge in [0, 0.05) is 51.5 Å². The van der Waals surface area contributed by atoms with Crippen LogP contribution in [0.15, 0.2) is 46.8 Å². The van der Waals surface area contributed by atoms with E-state index < -0.39 is 91.6 Å². The van der Waals surface area contributed by atoms with E-state index in [1.54, 1.807) is 12.1 Å². The second kappa shape index (κ2) is 14.9. The zero-order valence-electron chi connectivity index (χ0n) is 27.0. The molecule has 2 fully saturated rings. The Morgan fingerprint density at radius 1 is 0.837 bits per heavy atom. The average molecular weight is 699 g/mol. The van der Waals surface area contributed by atoms with E-state index in [0.29, 0.717) is 6.42 Å². The van der Waals surface area contributed by atoms with Gasteiger partial charge in [-0.15, -0.1) is 11.3 Å². The molecule has 49 heavy (non-hydrogen) atoms. The van der Waals surface area contributed by atoms with Crippen LogP contribution in [-0.4, -0.2) is 107 Å². The van der Waals surface area contributed by atoms with Crippen LogP contribution in [0.3, 0.4) is 0 Å². The summed E-state index contributed by atoms with van der Waals surface area (Å²) in [6.45, 7) is 3.43. The van der Waals surface area contributed by atoms with Crippen molar-refractivity contribution in [3.8, 4) is 0 Å². The summed E-state index contributed by atoms with van der Waals surface area (Å²) in [4.78, 5) is 96.4. The first kappa shape index (κ1) is 35.2. The van der Waals surface area contributed by atoms with Gasteiger partial charge in [0.15, 0.2) is 24.5 Å². The maximum atomic E-state index is 13.8. The largest absolute Gasteiger partial charge is 0.463 e. The van der Waals surface area contributed by atoms with Gasteiger partial charge in [-0.25, -0.2) is 4.99 Å². The fraction of sp³-hybridized carbons (Fsp3) is 0.438. The van der Waals surface area contributed by atoms with Gasteiger partial charge >= 0.3 is 23.9 Å². The van der Waals surface area contributed by atoms with Crippen molar-refractivity contribution in [2.75, 3.05) is 13.3 Å². The standard InChI is InChI=1S/C32H34N4O12S/c1-16(37)44-14-24-26(45-17(2)38)27(46-18(3)39)28(47-19(4)40)29(48-24)34-32-33-20(12-21-8-7-11-49-21)13-25(41)35(32)15-36-30(42)22-9-5-6-10-23(22)31(36)43/h5-11,20,24,26-29H,12-15H2,1-4H3,(H,33,34)/t20-,24-,26-,27+,28-,29-/m1/s1. The van der Waals surface area contributed by atoms with E-state index in [4.69, 9.17) is 23.7 Å². The van der Waals surface area contributed by atoms with Gasteiger partial charge in [0.25, 0.3) is 11.8 Å². The monoisotopic (exact) mass is 698 g/mol. The van der Waals surface area contributed by atoms with Gasteiger partial charge in [0.05, 0.1) is 11.1 Å². The van der Waals surface area contributed by atoms with Crippen molar-refractivity contribution in [2.24, 2.45) is 4.99 Å². The Hall–Kier alpha value is -5.16. The zero-order chi connectivity index (χ0) is 35.4. The quantitative estimate of drug-likeness (QED) is 0.211. The van der Waals surface area contributed by atoms with Crippen LogP contribution in [0.1, 0.15) is 59.7 Å². The van der Waals surface area contributed by atoms with Crippen LogP contribution in [0.2, 0.25) is 0 Å². The highest BCUT2D eigenvalue weighted by Crippen LogP contribution is 2.31. The second-order valence-corrected chi connectivity index (χ2v) is 12.5. The second-order valence-electron chi connectivity index (χ2n) is 11.4. The van der Waals surface area contributed by atoms with Crippen LogP contribution in [0.25, 0.3) is 0 Å². The summed E-state index contributed by atoms with van der Waals surface area (Å²) in [7, 11) is 0. The third kappa shape index (κ3) is 8.11. The number of rotatable bonds is 10. The van der Waals surface area contributed by atoms with Gasteiger partial charge in [-0.2, -0.15) is 0 Å². The van der Waals surface area contributed by atoms with Crippen molar-refractivity contribution >= 4 is 58.9 Å². The number of hydrogen-bond acceptors (Lipinski definition) is 14. The number of nitrogens with zero attached hydrogens (tertiary/aromatic N) is 3. The number of hydrogen-bond donors (Lipinski definition) is 1. The van der Waals surface area contributed by atoms with E-state index in [1.165, 1.54) is 23.5 Å². The predicted molar refractivity (Wildman–Crippen MR) is 168 cm³/mol. The molecule has 2 saturated heterocycles.